The molecule has 1 unspecified atom stereocenters. The Morgan fingerprint density at radius 3 is 2.33 bits per heavy atom. The minimum atomic E-state index is 0.202. The zero-order chi connectivity index (χ0) is 13.5. The number of hydrogen-bond acceptors (Lipinski definition) is 2. The first-order chi connectivity index (χ1) is 8.56. The fraction of sp³-hybridized carbons (Fsp3) is 0.625. The molecule has 0 aromatic heterocycles. The highest BCUT2D eigenvalue weighted by atomic mass is 16.5. The van der Waals surface area contributed by atoms with Gasteiger partial charge in [-0.1, -0.05) is 19.9 Å². The van der Waals surface area contributed by atoms with Gasteiger partial charge in [-0.25, -0.2) is 0 Å². The summed E-state index contributed by atoms with van der Waals surface area (Å²) in [7, 11) is 0. The summed E-state index contributed by atoms with van der Waals surface area (Å²) < 4.78 is 5.93. The molecule has 0 aliphatic rings. The van der Waals surface area contributed by atoms with E-state index in [2.05, 4.69) is 58.1 Å². The first kappa shape index (κ1) is 15.0. The van der Waals surface area contributed by atoms with Crippen molar-refractivity contribution in [2.75, 3.05) is 6.54 Å². The van der Waals surface area contributed by atoms with Crippen LogP contribution in [0.4, 0.5) is 0 Å². The Morgan fingerprint density at radius 1 is 1.11 bits per heavy atom. The molecule has 18 heavy (non-hydrogen) atoms. The van der Waals surface area contributed by atoms with Gasteiger partial charge < -0.3 is 10.1 Å². The normalized spacial score (nSPS) is 12.8. The van der Waals surface area contributed by atoms with Gasteiger partial charge in [0.05, 0.1) is 0 Å². The van der Waals surface area contributed by atoms with Crippen LogP contribution in [0.3, 0.4) is 0 Å². The molecule has 1 rings (SSSR count). The summed E-state index contributed by atoms with van der Waals surface area (Å²) in [5, 5.41) is 3.54. The smallest absolute Gasteiger partial charge is 0.120 e. The summed E-state index contributed by atoms with van der Waals surface area (Å²) >= 11 is 0. The van der Waals surface area contributed by atoms with Crippen LogP contribution >= 0.6 is 0 Å². The molecule has 1 N–H and O–H groups in total. The minimum absolute atomic E-state index is 0.202. The molecular weight excluding hydrogens is 222 g/mol. The molecule has 0 aliphatic carbocycles. The van der Waals surface area contributed by atoms with Crippen molar-refractivity contribution in [3.05, 3.63) is 29.3 Å². The van der Waals surface area contributed by atoms with Crippen LogP contribution in [-0.2, 0) is 0 Å². The third-order valence-electron chi connectivity index (χ3n) is 3.50. The van der Waals surface area contributed by atoms with E-state index >= 15 is 0 Å². The molecule has 1 aromatic rings. The molecule has 0 saturated carbocycles. The Kier molecular flexibility index (Phi) is 6.20. The van der Waals surface area contributed by atoms with Gasteiger partial charge in [0.2, 0.25) is 0 Å². The van der Waals surface area contributed by atoms with Gasteiger partial charge in [-0.3, -0.25) is 0 Å². The Hall–Kier alpha value is -1.02. The van der Waals surface area contributed by atoms with Crippen molar-refractivity contribution < 1.29 is 4.74 Å². The van der Waals surface area contributed by atoms with Gasteiger partial charge >= 0.3 is 0 Å². The van der Waals surface area contributed by atoms with E-state index in [0.717, 1.165) is 12.3 Å². The van der Waals surface area contributed by atoms with Gasteiger partial charge in [-0.15, -0.1) is 0 Å². The largest absolute Gasteiger partial charge is 0.489 e. The SMILES string of the molecule is CCC(CC)NCC(C)Oc1ccc(C)c(C)c1. The van der Waals surface area contributed by atoms with Crippen LogP contribution in [0.25, 0.3) is 0 Å². The first-order valence-electron chi connectivity index (χ1n) is 7.04. The quantitative estimate of drug-likeness (QED) is 0.792. The Balaban J connectivity index is 2.44. The van der Waals surface area contributed by atoms with Crippen molar-refractivity contribution in [1.29, 1.82) is 0 Å². The third-order valence-corrected chi connectivity index (χ3v) is 3.50. The van der Waals surface area contributed by atoms with E-state index in [9.17, 15) is 0 Å². The lowest BCUT2D eigenvalue weighted by Crippen LogP contribution is -2.36. The first-order valence-corrected chi connectivity index (χ1v) is 7.04. The molecule has 0 fully saturated rings. The van der Waals surface area contributed by atoms with Crippen molar-refractivity contribution in [2.45, 2.75) is 59.6 Å². The molecule has 0 saturated heterocycles. The van der Waals surface area contributed by atoms with Crippen LogP contribution in [0.5, 0.6) is 5.75 Å². The molecule has 0 heterocycles. The maximum absolute atomic E-state index is 5.93. The highest BCUT2D eigenvalue weighted by Crippen LogP contribution is 2.17. The third kappa shape index (κ3) is 4.69. The van der Waals surface area contributed by atoms with Gasteiger partial charge in [0.25, 0.3) is 0 Å². The number of hydrogen-bond donors (Lipinski definition) is 1. The molecular formula is C16H27NO. The van der Waals surface area contributed by atoms with Crippen LogP contribution in [0.15, 0.2) is 18.2 Å². The highest BCUT2D eigenvalue weighted by Gasteiger charge is 2.08. The summed E-state index contributed by atoms with van der Waals surface area (Å²) in [6.07, 6.45) is 2.55. The second-order valence-corrected chi connectivity index (χ2v) is 5.10. The number of benzene rings is 1. The lowest BCUT2D eigenvalue weighted by molar-refractivity contribution is 0.210. The predicted octanol–water partition coefficient (Wildman–Crippen LogP) is 3.85. The predicted molar refractivity (Wildman–Crippen MR) is 78.4 cm³/mol. The zero-order valence-corrected chi connectivity index (χ0v) is 12.4. The molecule has 0 aliphatic heterocycles. The van der Waals surface area contributed by atoms with Crippen LogP contribution in [0.2, 0.25) is 0 Å². The molecule has 2 nitrogen and oxygen atoms in total. The molecule has 0 amide bonds. The van der Waals surface area contributed by atoms with Crippen LogP contribution in [0, 0.1) is 13.8 Å². The van der Waals surface area contributed by atoms with E-state index in [1.165, 1.54) is 24.0 Å². The van der Waals surface area contributed by atoms with Crippen molar-refractivity contribution in [2.24, 2.45) is 0 Å². The van der Waals surface area contributed by atoms with E-state index in [4.69, 9.17) is 4.74 Å². The second-order valence-electron chi connectivity index (χ2n) is 5.10. The number of aryl methyl sites for hydroxylation is 2. The van der Waals surface area contributed by atoms with Crippen molar-refractivity contribution in [1.82, 2.24) is 5.32 Å². The van der Waals surface area contributed by atoms with Crippen LogP contribution < -0.4 is 10.1 Å². The Bertz CT molecular complexity index is 358. The lowest BCUT2D eigenvalue weighted by Gasteiger charge is -2.20. The van der Waals surface area contributed by atoms with E-state index in [0.29, 0.717) is 6.04 Å². The number of ether oxygens (including phenoxy) is 1. The summed E-state index contributed by atoms with van der Waals surface area (Å²) in [5.74, 6) is 0.969. The highest BCUT2D eigenvalue weighted by molar-refractivity contribution is 5.33. The number of nitrogens with one attached hydrogen (secondary N) is 1. The van der Waals surface area contributed by atoms with Crippen LogP contribution in [0.1, 0.15) is 44.7 Å². The van der Waals surface area contributed by atoms with Gasteiger partial charge in [-0.2, -0.15) is 0 Å². The van der Waals surface area contributed by atoms with Crippen molar-refractivity contribution in [3.63, 3.8) is 0 Å². The van der Waals surface area contributed by atoms with Gasteiger partial charge in [0.1, 0.15) is 11.9 Å². The summed E-state index contributed by atoms with van der Waals surface area (Å²) in [5.41, 5.74) is 2.60. The lowest BCUT2D eigenvalue weighted by atomic mass is 10.1. The Morgan fingerprint density at radius 2 is 1.78 bits per heavy atom. The van der Waals surface area contributed by atoms with Crippen LogP contribution in [-0.4, -0.2) is 18.7 Å². The Labute approximate surface area is 112 Å². The van der Waals surface area contributed by atoms with E-state index in [1.54, 1.807) is 0 Å². The minimum Gasteiger partial charge on any atom is -0.489 e. The van der Waals surface area contributed by atoms with E-state index in [1.807, 2.05) is 0 Å². The monoisotopic (exact) mass is 249 g/mol. The average molecular weight is 249 g/mol. The molecule has 1 atom stereocenters. The van der Waals surface area contributed by atoms with Crippen molar-refractivity contribution in [3.8, 4) is 5.75 Å². The van der Waals surface area contributed by atoms with Crippen molar-refractivity contribution >= 4 is 0 Å². The fourth-order valence-corrected chi connectivity index (χ4v) is 1.97. The van der Waals surface area contributed by atoms with E-state index in [-0.39, 0.29) is 6.10 Å². The molecule has 2 heteroatoms. The second kappa shape index (κ2) is 7.42. The maximum atomic E-state index is 5.93. The molecule has 1 aromatic carbocycles. The van der Waals surface area contributed by atoms with E-state index < -0.39 is 0 Å². The molecule has 0 radical (unpaired) electrons. The molecule has 0 bridgehead atoms. The fourth-order valence-electron chi connectivity index (χ4n) is 1.97. The number of rotatable bonds is 7. The molecule has 102 valence electrons. The topological polar surface area (TPSA) is 21.3 Å². The zero-order valence-electron chi connectivity index (χ0n) is 12.4. The van der Waals surface area contributed by atoms with Gasteiger partial charge in [0.15, 0.2) is 0 Å². The standard InChI is InChI=1S/C16H27NO/c1-6-15(7-2)17-11-14(5)18-16-9-8-12(3)13(4)10-16/h8-10,14-15,17H,6-7,11H2,1-5H3. The average Bonchev–Trinajstić information content (AvgIpc) is 2.35. The maximum Gasteiger partial charge on any atom is 0.120 e. The summed E-state index contributed by atoms with van der Waals surface area (Å²) in [6, 6.07) is 6.89. The summed E-state index contributed by atoms with van der Waals surface area (Å²) in [4.78, 5) is 0. The van der Waals surface area contributed by atoms with Gasteiger partial charge in [-0.05, 0) is 56.9 Å². The molecule has 0 spiro atoms. The summed E-state index contributed by atoms with van der Waals surface area (Å²) in [6.45, 7) is 11.7. The van der Waals surface area contributed by atoms with Gasteiger partial charge in [0, 0.05) is 12.6 Å².